The molecule has 1 N–H and O–H groups in total. The lowest BCUT2D eigenvalue weighted by Crippen LogP contribution is -2.12. The number of nitrogens with one attached hydrogen (secondary N) is 1. The Morgan fingerprint density at radius 1 is 1.44 bits per heavy atom. The monoisotopic (exact) mass is 216 g/mol. The molecule has 0 aliphatic heterocycles. The minimum Gasteiger partial charge on any atom is -0.313 e. The number of rotatable bonds is 4. The number of aryl methyl sites for hydroxylation is 1. The lowest BCUT2D eigenvalue weighted by atomic mass is 10.2. The fraction of sp³-hybridized carbons (Fsp3) is 0.333. The molecule has 0 amide bonds. The summed E-state index contributed by atoms with van der Waals surface area (Å²) in [6, 6.07) is 4.07. The summed E-state index contributed by atoms with van der Waals surface area (Å²) < 4.78 is 1.80. The summed E-state index contributed by atoms with van der Waals surface area (Å²) in [7, 11) is 0. The van der Waals surface area contributed by atoms with Gasteiger partial charge in [-0.15, -0.1) is 0 Å². The maximum atomic E-state index is 4.30. The highest BCUT2D eigenvalue weighted by Crippen LogP contribution is 2.07. The molecule has 0 atom stereocenters. The van der Waals surface area contributed by atoms with Crippen molar-refractivity contribution in [3.8, 4) is 5.82 Å². The van der Waals surface area contributed by atoms with Gasteiger partial charge < -0.3 is 5.32 Å². The fourth-order valence-corrected chi connectivity index (χ4v) is 1.50. The molecular formula is C12H16N4. The van der Waals surface area contributed by atoms with E-state index < -0.39 is 0 Å². The van der Waals surface area contributed by atoms with Gasteiger partial charge in [0.2, 0.25) is 0 Å². The maximum Gasteiger partial charge on any atom is 0.153 e. The highest BCUT2D eigenvalue weighted by molar-refractivity contribution is 5.27. The molecule has 2 heterocycles. The summed E-state index contributed by atoms with van der Waals surface area (Å²) in [5.41, 5.74) is 2.36. The van der Waals surface area contributed by atoms with Crippen LogP contribution in [0.4, 0.5) is 0 Å². The Morgan fingerprint density at radius 2 is 2.31 bits per heavy atom. The van der Waals surface area contributed by atoms with Crippen molar-refractivity contribution in [1.82, 2.24) is 20.1 Å². The standard InChI is InChI=1S/C12H16N4/c1-3-13-8-11-4-5-14-12(6-11)16-9-10(2)7-15-16/h4-7,9,13H,3,8H2,1-2H3. The lowest BCUT2D eigenvalue weighted by Gasteiger charge is -2.04. The van der Waals surface area contributed by atoms with E-state index in [1.165, 1.54) is 5.56 Å². The number of nitrogens with zero attached hydrogens (tertiary/aromatic N) is 3. The largest absolute Gasteiger partial charge is 0.313 e. The lowest BCUT2D eigenvalue weighted by molar-refractivity contribution is 0.723. The maximum absolute atomic E-state index is 4.30. The van der Waals surface area contributed by atoms with Gasteiger partial charge in [-0.1, -0.05) is 6.92 Å². The molecule has 0 aliphatic carbocycles. The van der Waals surface area contributed by atoms with E-state index in [9.17, 15) is 0 Å². The molecule has 2 aromatic rings. The van der Waals surface area contributed by atoms with Crippen LogP contribution in [0.5, 0.6) is 0 Å². The van der Waals surface area contributed by atoms with Crippen molar-refractivity contribution in [2.75, 3.05) is 6.54 Å². The first kappa shape index (κ1) is 10.8. The molecule has 0 fully saturated rings. The molecule has 2 rings (SSSR count). The highest BCUT2D eigenvalue weighted by atomic mass is 15.3. The van der Waals surface area contributed by atoms with Gasteiger partial charge in [0.15, 0.2) is 5.82 Å². The van der Waals surface area contributed by atoms with Crippen LogP contribution in [0, 0.1) is 6.92 Å². The molecule has 84 valence electrons. The van der Waals surface area contributed by atoms with Gasteiger partial charge in [0.05, 0.1) is 6.20 Å². The van der Waals surface area contributed by atoms with Crippen molar-refractivity contribution in [3.05, 3.63) is 41.9 Å². The Bertz CT molecular complexity index is 462. The summed E-state index contributed by atoms with van der Waals surface area (Å²) >= 11 is 0. The van der Waals surface area contributed by atoms with E-state index >= 15 is 0 Å². The molecule has 0 bridgehead atoms. The third-order valence-electron chi connectivity index (χ3n) is 2.34. The first-order valence-electron chi connectivity index (χ1n) is 5.47. The molecule has 0 radical (unpaired) electrons. The first-order chi connectivity index (χ1) is 7.79. The van der Waals surface area contributed by atoms with Crippen LogP contribution < -0.4 is 5.32 Å². The smallest absolute Gasteiger partial charge is 0.153 e. The normalized spacial score (nSPS) is 10.6. The van der Waals surface area contributed by atoms with Gasteiger partial charge in [-0.3, -0.25) is 0 Å². The van der Waals surface area contributed by atoms with Gasteiger partial charge in [0.25, 0.3) is 0 Å². The topological polar surface area (TPSA) is 42.7 Å². The van der Waals surface area contributed by atoms with E-state index in [1.807, 2.05) is 31.6 Å². The summed E-state index contributed by atoms with van der Waals surface area (Å²) in [6.07, 6.45) is 5.62. The first-order valence-corrected chi connectivity index (χ1v) is 5.47. The summed E-state index contributed by atoms with van der Waals surface area (Å²) in [5, 5.41) is 7.53. The zero-order valence-electron chi connectivity index (χ0n) is 9.64. The van der Waals surface area contributed by atoms with Crippen molar-refractivity contribution in [3.63, 3.8) is 0 Å². The number of aromatic nitrogens is 3. The molecule has 0 saturated carbocycles. The SMILES string of the molecule is CCNCc1ccnc(-n2cc(C)cn2)c1. The minimum atomic E-state index is 0.864. The molecule has 0 spiro atoms. The molecule has 0 aromatic carbocycles. The Morgan fingerprint density at radius 3 is 3.00 bits per heavy atom. The van der Waals surface area contributed by atoms with Gasteiger partial charge in [0, 0.05) is 18.9 Å². The molecule has 0 aliphatic rings. The Balaban J connectivity index is 2.22. The van der Waals surface area contributed by atoms with Crippen LogP contribution in [0.3, 0.4) is 0 Å². The molecule has 4 heteroatoms. The van der Waals surface area contributed by atoms with Crippen molar-refractivity contribution in [2.24, 2.45) is 0 Å². The Hall–Kier alpha value is -1.68. The second-order valence-electron chi connectivity index (χ2n) is 3.76. The van der Waals surface area contributed by atoms with E-state index in [-0.39, 0.29) is 0 Å². The van der Waals surface area contributed by atoms with Gasteiger partial charge in [-0.25, -0.2) is 9.67 Å². The average Bonchev–Trinajstić information content (AvgIpc) is 2.74. The van der Waals surface area contributed by atoms with E-state index in [2.05, 4.69) is 28.4 Å². The number of hydrogen-bond acceptors (Lipinski definition) is 3. The van der Waals surface area contributed by atoms with Gasteiger partial charge in [0.1, 0.15) is 0 Å². The van der Waals surface area contributed by atoms with Crippen LogP contribution in [0.15, 0.2) is 30.7 Å². The van der Waals surface area contributed by atoms with Crippen LogP contribution in [-0.2, 0) is 6.54 Å². The Labute approximate surface area is 95.3 Å². The zero-order valence-corrected chi connectivity index (χ0v) is 9.64. The van der Waals surface area contributed by atoms with Crippen LogP contribution >= 0.6 is 0 Å². The van der Waals surface area contributed by atoms with Crippen LogP contribution in [0.25, 0.3) is 5.82 Å². The van der Waals surface area contributed by atoms with Gasteiger partial charge >= 0.3 is 0 Å². The molecule has 16 heavy (non-hydrogen) atoms. The van der Waals surface area contributed by atoms with Crippen molar-refractivity contribution in [2.45, 2.75) is 20.4 Å². The van der Waals surface area contributed by atoms with Crippen LogP contribution in [-0.4, -0.2) is 21.3 Å². The van der Waals surface area contributed by atoms with Crippen molar-refractivity contribution >= 4 is 0 Å². The predicted octanol–water partition coefficient (Wildman–Crippen LogP) is 1.69. The molecule has 0 saturated heterocycles. The summed E-state index contributed by atoms with van der Waals surface area (Å²) in [6.45, 7) is 5.95. The second kappa shape index (κ2) is 4.90. The number of hydrogen-bond donors (Lipinski definition) is 1. The van der Waals surface area contributed by atoms with Crippen LogP contribution in [0.1, 0.15) is 18.1 Å². The fourth-order valence-electron chi connectivity index (χ4n) is 1.50. The van der Waals surface area contributed by atoms with E-state index in [1.54, 1.807) is 4.68 Å². The summed E-state index contributed by atoms with van der Waals surface area (Å²) in [5.74, 6) is 0.864. The van der Waals surface area contributed by atoms with E-state index in [0.29, 0.717) is 0 Å². The zero-order chi connectivity index (χ0) is 11.4. The average molecular weight is 216 g/mol. The molecular weight excluding hydrogens is 200 g/mol. The third-order valence-corrected chi connectivity index (χ3v) is 2.34. The predicted molar refractivity (Wildman–Crippen MR) is 63.5 cm³/mol. The quantitative estimate of drug-likeness (QED) is 0.845. The van der Waals surface area contributed by atoms with E-state index in [0.717, 1.165) is 24.5 Å². The molecule has 4 nitrogen and oxygen atoms in total. The van der Waals surface area contributed by atoms with Gasteiger partial charge in [-0.2, -0.15) is 5.10 Å². The van der Waals surface area contributed by atoms with Crippen molar-refractivity contribution < 1.29 is 0 Å². The number of pyridine rings is 1. The molecule has 2 aromatic heterocycles. The van der Waals surface area contributed by atoms with E-state index in [4.69, 9.17) is 0 Å². The van der Waals surface area contributed by atoms with Gasteiger partial charge in [-0.05, 0) is 36.7 Å². The molecule has 0 unspecified atom stereocenters. The minimum absolute atomic E-state index is 0.864. The van der Waals surface area contributed by atoms with Crippen molar-refractivity contribution in [1.29, 1.82) is 0 Å². The van der Waals surface area contributed by atoms with Crippen LogP contribution in [0.2, 0.25) is 0 Å². The summed E-state index contributed by atoms with van der Waals surface area (Å²) in [4.78, 5) is 4.30. The second-order valence-corrected chi connectivity index (χ2v) is 3.76. The highest BCUT2D eigenvalue weighted by Gasteiger charge is 2.00. The Kier molecular flexibility index (Phi) is 3.31. The third kappa shape index (κ3) is 2.46.